The highest BCUT2D eigenvalue weighted by atomic mass is 35.5. The van der Waals surface area contributed by atoms with E-state index in [1.165, 1.54) is 12.8 Å². The second kappa shape index (κ2) is 8.84. The molecule has 4 rings (SSSR count). The lowest BCUT2D eigenvalue weighted by Crippen LogP contribution is -2.33. The van der Waals surface area contributed by atoms with Gasteiger partial charge in [-0.2, -0.15) is 5.10 Å². The molecule has 1 aliphatic heterocycles. The molecular formula is C20H28ClN7. The molecule has 0 radical (unpaired) electrons. The first kappa shape index (κ1) is 20.5. The standard InChI is InChI=1S/C20H27N7.ClH/c1-13(2)27-14(3)16(12-25-27)17-9-18-19(23-8-7-22-18)20(26-17)24-11-15-5-4-6-21-10-15;/h7-9,12-13,15,21H,4-6,10-11H2,1-3H3,(H,24,26);1H/t15-;/m0./s1. The summed E-state index contributed by atoms with van der Waals surface area (Å²) in [4.78, 5) is 13.9. The number of halogens is 1. The summed E-state index contributed by atoms with van der Waals surface area (Å²) in [6, 6.07) is 2.32. The van der Waals surface area contributed by atoms with Gasteiger partial charge < -0.3 is 10.6 Å². The van der Waals surface area contributed by atoms with Crippen molar-refractivity contribution in [1.82, 2.24) is 30.0 Å². The molecule has 1 saturated heterocycles. The van der Waals surface area contributed by atoms with E-state index in [9.17, 15) is 0 Å². The van der Waals surface area contributed by atoms with Gasteiger partial charge in [0.1, 0.15) is 5.52 Å². The predicted octanol–water partition coefficient (Wildman–Crippen LogP) is 3.61. The van der Waals surface area contributed by atoms with Crippen LogP contribution in [-0.4, -0.2) is 44.4 Å². The van der Waals surface area contributed by atoms with Crippen molar-refractivity contribution < 1.29 is 0 Å². The Morgan fingerprint density at radius 1 is 1.29 bits per heavy atom. The molecule has 0 bridgehead atoms. The maximum Gasteiger partial charge on any atom is 0.154 e. The zero-order chi connectivity index (χ0) is 18.8. The van der Waals surface area contributed by atoms with Crippen LogP contribution in [0.3, 0.4) is 0 Å². The molecule has 1 fully saturated rings. The van der Waals surface area contributed by atoms with Crippen molar-refractivity contribution in [2.24, 2.45) is 5.92 Å². The number of nitrogens with zero attached hydrogens (tertiary/aromatic N) is 5. The summed E-state index contributed by atoms with van der Waals surface area (Å²) in [5, 5.41) is 11.5. The minimum Gasteiger partial charge on any atom is -0.368 e. The molecule has 150 valence electrons. The molecule has 1 atom stereocenters. The maximum atomic E-state index is 4.90. The molecule has 8 heteroatoms. The predicted molar refractivity (Wildman–Crippen MR) is 115 cm³/mol. The van der Waals surface area contributed by atoms with Gasteiger partial charge in [0.15, 0.2) is 5.82 Å². The molecule has 3 aromatic heterocycles. The SMILES string of the molecule is Cc1c(-c2cc3nccnc3c(NC[C@H]3CCCNC3)n2)cnn1C(C)C.Cl. The van der Waals surface area contributed by atoms with Crippen LogP contribution in [0.25, 0.3) is 22.3 Å². The normalized spacial score (nSPS) is 16.9. The highest BCUT2D eigenvalue weighted by molar-refractivity contribution is 5.88. The number of hydrogen-bond donors (Lipinski definition) is 2. The third kappa shape index (κ3) is 4.10. The number of piperidine rings is 1. The van der Waals surface area contributed by atoms with E-state index in [1.807, 2.05) is 16.9 Å². The van der Waals surface area contributed by atoms with Crippen molar-refractivity contribution in [3.63, 3.8) is 0 Å². The Morgan fingerprint density at radius 3 is 2.82 bits per heavy atom. The topological polar surface area (TPSA) is 80.6 Å². The highest BCUT2D eigenvalue weighted by Crippen LogP contribution is 2.28. The Morgan fingerprint density at radius 2 is 2.11 bits per heavy atom. The minimum absolute atomic E-state index is 0. The van der Waals surface area contributed by atoms with E-state index in [0.717, 1.165) is 53.4 Å². The Hall–Kier alpha value is -2.25. The summed E-state index contributed by atoms with van der Waals surface area (Å²) in [7, 11) is 0. The molecule has 3 aromatic rings. The lowest BCUT2D eigenvalue weighted by atomic mass is 10.00. The lowest BCUT2D eigenvalue weighted by molar-refractivity contribution is 0.392. The Labute approximate surface area is 171 Å². The van der Waals surface area contributed by atoms with Crippen LogP contribution in [0.5, 0.6) is 0 Å². The van der Waals surface area contributed by atoms with Gasteiger partial charge in [0.25, 0.3) is 0 Å². The van der Waals surface area contributed by atoms with Crippen LogP contribution in [0.15, 0.2) is 24.7 Å². The average Bonchev–Trinajstić information content (AvgIpc) is 3.08. The van der Waals surface area contributed by atoms with Gasteiger partial charge in [0.05, 0.1) is 17.4 Å². The monoisotopic (exact) mass is 401 g/mol. The van der Waals surface area contributed by atoms with Crippen molar-refractivity contribution >= 4 is 29.3 Å². The molecule has 4 heterocycles. The number of rotatable bonds is 5. The van der Waals surface area contributed by atoms with Gasteiger partial charge >= 0.3 is 0 Å². The van der Waals surface area contributed by atoms with E-state index >= 15 is 0 Å². The first-order valence-corrected chi connectivity index (χ1v) is 9.74. The van der Waals surface area contributed by atoms with Gasteiger partial charge in [-0.25, -0.2) is 9.97 Å². The first-order chi connectivity index (χ1) is 13.1. The average molecular weight is 402 g/mol. The van der Waals surface area contributed by atoms with Crippen LogP contribution in [0, 0.1) is 12.8 Å². The quantitative estimate of drug-likeness (QED) is 0.679. The zero-order valence-electron chi connectivity index (χ0n) is 16.6. The summed E-state index contributed by atoms with van der Waals surface area (Å²) >= 11 is 0. The molecule has 2 N–H and O–H groups in total. The molecule has 1 aliphatic rings. The van der Waals surface area contributed by atoms with Gasteiger partial charge in [-0.1, -0.05) is 0 Å². The highest BCUT2D eigenvalue weighted by Gasteiger charge is 2.17. The Kier molecular flexibility index (Phi) is 6.46. The molecule has 0 aromatic carbocycles. The van der Waals surface area contributed by atoms with Gasteiger partial charge in [-0.05, 0) is 58.7 Å². The van der Waals surface area contributed by atoms with Crippen molar-refractivity contribution in [1.29, 1.82) is 0 Å². The largest absolute Gasteiger partial charge is 0.368 e. The number of anilines is 1. The number of nitrogens with one attached hydrogen (secondary N) is 2. The van der Waals surface area contributed by atoms with E-state index in [1.54, 1.807) is 12.4 Å². The van der Waals surface area contributed by atoms with Gasteiger partial charge in [-0.3, -0.25) is 9.67 Å². The van der Waals surface area contributed by atoms with E-state index < -0.39 is 0 Å². The molecule has 0 spiro atoms. The van der Waals surface area contributed by atoms with E-state index in [0.29, 0.717) is 12.0 Å². The van der Waals surface area contributed by atoms with Crippen LogP contribution < -0.4 is 10.6 Å². The summed E-state index contributed by atoms with van der Waals surface area (Å²) in [6.45, 7) is 9.42. The van der Waals surface area contributed by atoms with Crippen LogP contribution in [0.1, 0.15) is 38.4 Å². The van der Waals surface area contributed by atoms with E-state index in [2.05, 4.69) is 46.5 Å². The molecule has 0 saturated carbocycles. The van der Waals surface area contributed by atoms with Gasteiger partial charge in [-0.15, -0.1) is 12.4 Å². The number of fused-ring (bicyclic) bond motifs is 1. The fourth-order valence-corrected chi connectivity index (χ4v) is 3.77. The first-order valence-electron chi connectivity index (χ1n) is 9.74. The lowest BCUT2D eigenvalue weighted by Gasteiger charge is -2.23. The summed E-state index contributed by atoms with van der Waals surface area (Å²) in [5.74, 6) is 1.42. The fourth-order valence-electron chi connectivity index (χ4n) is 3.77. The molecule has 7 nitrogen and oxygen atoms in total. The van der Waals surface area contributed by atoms with Crippen LogP contribution in [0.4, 0.5) is 5.82 Å². The van der Waals surface area contributed by atoms with Crippen LogP contribution >= 0.6 is 12.4 Å². The second-order valence-corrected chi connectivity index (χ2v) is 7.56. The van der Waals surface area contributed by atoms with Crippen molar-refractivity contribution in [2.45, 2.75) is 39.7 Å². The summed E-state index contributed by atoms with van der Waals surface area (Å²) in [5.41, 5.74) is 4.71. The van der Waals surface area contributed by atoms with Crippen molar-refractivity contribution in [3.05, 3.63) is 30.4 Å². The van der Waals surface area contributed by atoms with E-state index in [4.69, 9.17) is 4.98 Å². The number of pyridine rings is 1. The number of hydrogen-bond acceptors (Lipinski definition) is 6. The second-order valence-electron chi connectivity index (χ2n) is 7.56. The van der Waals surface area contributed by atoms with Crippen molar-refractivity contribution in [3.8, 4) is 11.3 Å². The summed E-state index contributed by atoms with van der Waals surface area (Å²) < 4.78 is 2.03. The molecule has 28 heavy (non-hydrogen) atoms. The van der Waals surface area contributed by atoms with Gasteiger partial charge in [0.2, 0.25) is 0 Å². The Balaban J connectivity index is 0.00000225. The minimum atomic E-state index is 0. The molecule has 0 unspecified atom stereocenters. The Bertz CT molecular complexity index is 931. The third-order valence-electron chi connectivity index (χ3n) is 5.22. The van der Waals surface area contributed by atoms with Gasteiger partial charge in [0, 0.05) is 36.2 Å². The van der Waals surface area contributed by atoms with Crippen LogP contribution in [-0.2, 0) is 0 Å². The van der Waals surface area contributed by atoms with Crippen molar-refractivity contribution in [2.75, 3.05) is 25.0 Å². The summed E-state index contributed by atoms with van der Waals surface area (Å²) in [6.07, 6.45) is 7.82. The smallest absolute Gasteiger partial charge is 0.154 e. The zero-order valence-corrected chi connectivity index (χ0v) is 17.5. The maximum absolute atomic E-state index is 4.90. The third-order valence-corrected chi connectivity index (χ3v) is 5.22. The number of aromatic nitrogens is 5. The molecule has 0 amide bonds. The van der Waals surface area contributed by atoms with Crippen LogP contribution in [0.2, 0.25) is 0 Å². The fraction of sp³-hybridized carbons (Fsp3) is 0.500. The van der Waals surface area contributed by atoms with E-state index in [-0.39, 0.29) is 12.4 Å². The molecular weight excluding hydrogens is 374 g/mol. The molecule has 0 aliphatic carbocycles.